The van der Waals surface area contributed by atoms with Gasteiger partial charge in [-0.15, -0.1) is 11.3 Å². The Balaban J connectivity index is 1.86. The molecule has 0 unspecified atom stereocenters. The highest BCUT2D eigenvalue weighted by Gasteiger charge is 2.15. The molecule has 0 bridgehead atoms. The summed E-state index contributed by atoms with van der Waals surface area (Å²) in [5.41, 5.74) is 0.885. The number of fused-ring (bicyclic) bond motifs is 1. The zero-order valence-electron chi connectivity index (χ0n) is 10.6. The fourth-order valence-corrected chi connectivity index (χ4v) is 3.72. The van der Waals surface area contributed by atoms with Crippen LogP contribution in [0.1, 0.15) is 26.7 Å². The summed E-state index contributed by atoms with van der Waals surface area (Å²) in [5.74, 6) is 1.03. The number of thioether (sulfide) groups is 1. The molecule has 0 amide bonds. The van der Waals surface area contributed by atoms with E-state index in [9.17, 15) is 0 Å². The summed E-state index contributed by atoms with van der Waals surface area (Å²) in [4.78, 5) is 4.58. The fourth-order valence-electron chi connectivity index (χ4n) is 1.64. The molecule has 0 aliphatic heterocycles. The Morgan fingerprint density at radius 3 is 2.89 bits per heavy atom. The molecule has 0 saturated heterocycles. The molecule has 4 heteroatoms. The van der Waals surface area contributed by atoms with Crippen molar-refractivity contribution in [1.82, 2.24) is 4.98 Å². The second-order valence-corrected chi connectivity index (χ2v) is 7.27. The fraction of sp³-hybridized carbons (Fsp3) is 0.429. The van der Waals surface area contributed by atoms with Gasteiger partial charge in [0, 0.05) is 5.75 Å². The van der Waals surface area contributed by atoms with E-state index in [1.807, 2.05) is 26.0 Å². The predicted octanol–water partition coefficient (Wildman–Crippen LogP) is 4.72. The van der Waals surface area contributed by atoms with Gasteiger partial charge in [-0.3, -0.25) is 0 Å². The van der Waals surface area contributed by atoms with Crippen molar-refractivity contribution in [2.45, 2.75) is 31.0 Å². The van der Waals surface area contributed by atoms with Crippen molar-refractivity contribution < 1.29 is 0 Å². The lowest BCUT2D eigenvalue weighted by Gasteiger charge is -2.13. The van der Waals surface area contributed by atoms with Gasteiger partial charge in [-0.25, -0.2) is 4.98 Å². The van der Waals surface area contributed by atoms with Crippen LogP contribution in [0, 0.1) is 16.7 Å². The molecule has 2 rings (SSSR count). The van der Waals surface area contributed by atoms with Crippen molar-refractivity contribution in [2.75, 3.05) is 5.75 Å². The standard InChI is InChI=1S/C14H16N2S2/c1-14(2,10-15)8-5-9-17-13-16-11-6-3-4-7-12(11)18-13/h3-4,6-7H,5,8-9H2,1-2H3. The summed E-state index contributed by atoms with van der Waals surface area (Å²) in [6, 6.07) is 10.6. The van der Waals surface area contributed by atoms with Crippen LogP contribution < -0.4 is 0 Å². The minimum atomic E-state index is -0.200. The maximum atomic E-state index is 8.94. The number of thiazole rings is 1. The summed E-state index contributed by atoms with van der Waals surface area (Å²) in [6.45, 7) is 3.99. The maximum Gasteiger partial charge on any atom is 0.151 e. The molecule has 0 aliphatic carbocycles. The molecule has 0 N–H and O–H groups in total. The van der Waals surface area contributed by atoms with Crippen LogP contribution in [0.2, 0.25) is 0 Å². The summed E-state index contributed by atoms with van der Waals surface area (Å²) >= 11 is 3.54. The van der Waals surface area contributed by atoms with Crippen LogP contribution in [0.4, 0.5) is 0 Å². The van der Waals surface area contributed by atoms with Crippen molar-refractivity contribution in [3.63, 3.8) is 0 Å². The van der Waals surface area contributed by atoms with E-state index in [4.69, 9.17) is 5.26 Å². The van der Waals surface area contributed by atoms with Crippen molar-refractivity contribution in [3.8, 4) is 6.07 Å². The quantitative estimate of drug-likeness (QED) is 0.585. The molecule has 94 valence electrons. The van der Waals surface area contributed by atoms with E-state index in [2.05, 4.69) is 23.2 Å². The monoisotopic (exact) mass is 276 g/mol. The largest absolute Gasteiger partial charge is 0.230 e. The highest BCUT2D eigenvalue weighted by molar-refractivity contribution is 8.01. The van der Waals surface area contributed by atoms with Gasteiger partial charge in [0.2, 0.25) is 0 Å². The number of nitrogens with zero attached hydrogens (tertiary/aromatic N) is 2. The molecule has 0 spiro atoms. The Kier molecular flexibility index (Phi) is 4.26. The second-order valence-electron chi connectivity index (χ2n) is 4.90. The van der Waals surface area contributed by atoms with Gasteiger partial charge in [-0.1, -0.05) is 23.9 Å². The van der Waals surface area contributed by atoms with Gasteiger partial charge in [-0.2, -0.15) is 5.26 Å². The lowest BCUT2D eigenvalue weighted by molar-refractivity contribution is 0.448. The van der Waals surface area contributed by atoms with Crippen LogP contribution in [0.3, 0.4) is 0 Å². The summed E-state index contributed by atoms with van der Waals surface area (Å²) < 4.78 is 2.38. The summed E-state index contributed by atoms with van der Waals surface area (Å²) in [5, 5.41) is 8.94. The highest BCUT2D eigenvalue weighted by atomic mass is 32.2. The third kappa shape index (κ3) is 3.47. The first-order valence-corrected chi connectivity index (χ1v) is 7.80. The Hall–Kier alpha value is -1.05. The van der Waals surface area contributed by atoms with Gasteiger partial charge >= 0.3 is 0 Å². The number of nitriles is 1. The molecular formula is C14H16N2S2. The zero-order valence-corrected chi connectivity index (χ0v) is 12.3. The number of para-hydroxylation sites is 1. The van der Waals surface area contributed by atoms with Gasteiger partial charge in [0.15, 0.2) is 4.34 Å². The number of benzene rings is 1. The first-order valence-electron chi connectivity index (χ1n) is 6.00. The van der Waals surface area contributed by atoms with Crippen LogP contribution in [0.25, 0.3) is 10.2 Å². The molecule has 0 atom stereocenters. The van der Waals surface area contributed by atoms with Crippen LogP contribution >= 0.6 is 23.1 Å². The molecular weight excluding hydrogens is 260 g/mol. The third-order valence-corrected chi connectivity index (χ3v) is 5.01. The average Bonchev–Trinajstić information content (AvgIpc) is 2.77. The number of hydrogen-bond acceptors (Lipinski definition) is 4. The smallest absolute Gasteiger partial charge is 0.151 e. The van der Waals surface area contributed by atoms with Gasteiger partial charge in [0.1, 0.15) is 0 Å². The van der Waals surface area contributed by atoms with Crippen LogP contribution in [0.5, 0.6) is 0 Å². The zero-order chi connectivity index (χ0) is 13.0. The van der Waals surface area contributed by atoms with E-state index < -0.39 is 0 Å². The predicted molar refractivity (Wildman–Crippen MR) is 79.0 cm³/mol. The minimum Gasteiger partial charge on any atom is -0.230 e. The SMILES string of the molecule is CC(C)(C#N)CCCSc1nc2ccccc2s1. The van der Waals surface area contributed by atoms with Gasteiger partial charge in [0.05, 0.1) is 21.7 Å². The first kappa shape index (κ1) is 13.4. The Morgan fingerprint density at radius 2 is 2.17 bits per heavy atom. The summed E-state index contributed by atoms with van der Waals surface area (Å²) in [7, 11) is 0. The number of hydrogen-bond donors (Lipinski definition) is 0. The molecule has 0 fully saturated rings. The third-order valence-electron chi connectivity index (χ3n) is 2.75. The normalized spacial score (nSPS) is 11.6. The van der Waals surface area contributed by atoms with Crippen LogP contribution in [0.15, 0.2) is 28.6 Å². The second kappa shape index (κ2) is 5.73. The Morgan fingerprint density at radius 1 is 1.39 bits per heavy atom. The Labute approximate surface area is 116 Å². The molecule has 18 heavy (non-hydrogen) atoms. The molecule has 1 heterocycles. The van der Waals surface area contributed by atoms with Crippen molar-refractivity contribution >= 4 is 33.3 Å². The van der Waals surface area contributed by atoms with E-state index in [1.54, 1.807) is 23.1 Å². The Bertz CT molecular complexity index is 533. The molecule has 0 saturated carbocycles. The topological polar surface area (TPSA) is 36.7 Å². The number of rotatable bonds is 5. The molecule has 0 radical (unpaired) electrons. The molecule has 1 aromatic heterocycles. The van der Waals surface area contributed by atoms with E-state index in [-0.39, 0.29) is 5.41 Å². The average molecular weight is 276 g/mol. The molecule has 0 aliphatic rings. The van der Waals surface area contributed by atoms with Crippen molar-refractivity contribution in [3.05, 3.63) is 24.3 Å². The van der Waals surface area contributed by atoms with Gasteiger partial charge in [-0.05, 0) is 38.8 Å². The molecule has 2 nitrogen and oxygen atoms in total. The van der Waals surface area contributed by atoms with Gasteiger partial charge < -0.3 is 0 Å². The molecule has 2 aromatic rings. The van der Waals surface area contributed by atoms with Crippen LogP contribution in [-0.2, 0) is 0 Å². The molecule has 1 aromatic carbocycles. The number of aromatic nitrogens is 1. The van der Waals surface area contributed by atoms with E-state index >= 15 is 0 Å². The lowest BCUT2D eigenvalue weighted by atomic mass is 9.90. The lowest BCUT2D eigenvalue weighted by Crippen LogP contribution is -2.07. The maximum absolute atomic E-state index is 8.94. The van der Waals surface area contributed by atoms with Crippen LogP contribution in [-0.4, -0.2) is 10.7 Å². The highest BCUT2D eigenvalue weighted by Crippen LogP contribution is 2.31. The van der Waals surface area contributed by atoms with Crippen molar-refractivity contribution in [1.29, 1.82) is 5.26 Å². The summed E-state index contributed by atoms with van der Waals surface area (Å²) in [6.07, 6.45) is 2.00. The van der Waals surface area contributed by atoms with E-state index in [0.717, 1.165) is 28.5 Å². The van der Waals surface area contributed by atoms with E-state index in [0.29, 0.717) is 0 Å². The first-order chi connectivity index (χ1) is 8.61. The van der Waals surface area contributed by atoms with Crippen molar-refractivity contribution in [2.24, 2.45) is 5.41 Å². The van der Waals surface area contributed by atoms with E-state index in [1.165, 1.54) is 4.70 Å². The van der Waals surface area contributed by atoms with Gasteiger partial charge in [0.25, 0.3) is 0 Å². The minimum absolute atomic E-state index is 0.200.